The summed E-state index contributed by atoms with van der Waals surface area (Å²) in [5.74, 6) is 0.250. The summed E-state index contributed by atoms with van der Waals surface area (Å²) >= 11 is 6.24. The Kier molecular flexibility index (Phi) is 7.90. The van der Waals surface area contributed by atoms with E-state index in [1.165, 1.54) is 23.1 Å². The highest BCUT2D eigenvalue weighted by Crippen LogP contribution is 2.34. The molecule has 10 heteroatoms. The van der Waals surface area contributed by atoms with E-state index in [0.29, 0.717) is 22.3 Å². The minimum Gasteiger partial charge on any atom is -0.462 e. The zero-order chi connectivity index (χ0) is 22.5. The molecule has 3 aromatic rings. The number of aromatic nitrogens is 3. The number of nitrogens with one attached hydrogen (secondary N) is 1. The highest BCUT2D eigenvalue weighted by atomic mass is 79.9. The number of ether oxygens (including phenoxy) is 1. The zero-order valence-corrected chi connectivity index (χ0v) is 20.9. The summed E-state index contributed by atoms with van der Waals surface area (Å²) in [6.45, 7) is 8.49. The monoisotopic (exact) mass is 522 g/mol. The van der Waals surface area contributed by atoms with Crippen LogP contribution in [-0.4, -0.2) is 39.0 Å². The molecule has 2 aromatic heterocycles. The molecule has 164 valence electrons. The van der Waals surface area contributed by atoms with Crippen LogP contribution in [-0.2, 0) is 16.1 Å². The second kappa shape index (κ2) is 10.4. The molecule has 0 aliphatic heterocycles. The lowest BCUT2D eigenvalue weighted by atomic mass is 10.1. The number of benzene rings is 1. The second-order valence-electron chi connectivity index (χ2n) is 6.57. The van der Waals surface area contributed by atoms with Gasteiger partial charge in [-0.15, -0.1) is 21.5 Å². The largest absolute Gasteiger partial charge is 0.462 e. The Morgan fingerprint density at radius 3 is 2.65 bits per heavy atom. The maximum atomic E-state index is 12.6. The lowest BCUT2D eigenvalue weighted by Crippen LogP contribution is -2.17. The fourth-order valence-electron chi connectivity index (χ4n) is 2.98. The summed E-state index contributed by atoms with van der Waals surface area (Å²) in [4.78, 5) is 25.9. The van der Waals surface area contributed by atoms with Gasteiger partial charge < -0.3 is 14.6 Å². The van der Waals surface area contributed by atoms with E-state index in [4.69, 9.17) is 4.74 Å². The number of thiophene rings is 1. The molecule has 0 saturated carbocycles. The van der Waals surface area contributed by atoms with Crippen LogP contribution in [0.2, 0.25) is 0 Å². The van der Waals surface area contributed by atoms with Crippen LogP contribution in [0.3, 0.4) is 0 Å². The number of hydrogen-bond donors (Lipinski definition) is 1. The van der Waals surface area contributed by atoms with E-state index in [9.17, 15) is 9.59 Å². The Bertz CT molecular complexity index is 1110. The highest BCUT2D eigenvalue weighted by Gasteiger charge is 2.22. The van der Waals surface area contributed by atoms with Crippen LogP contribution in [0.25, 0.3) is 11.4 Å². The van der Waals surface area contributed by atoms with Crippen LogP contribution in [0.4, 0.5) is 5.00 Å². The van der Waals surface area contributed by atoms with Gasteiger partial charge in [0.25, 0.3) is 0 Å². The average Bonchev–Trinajstić information content (AvgIpc) is 3.27. The van der Waals surface area contributed by atoms with Crippen molar-refractivity contribution in [3.05, 3.63) is 44.7 Å². The number of hydrogen-bond acceptors (Lipinski definition) is 7. The van der Waals surface area contributed by atoms with Gasteiger partial charge in [0, 0.05) is 21.5 Å². The minimum absolute atomic E-state index is 0.145. The van der Waals surface area contributed by atoms with Gasteiger partial charge in [0.05, 0.1) is 17.9 Å². The molecule has 0 bridgehead atoms. The molecule has 3 rings (SSSR count). The normalized spacial score (nSPS) is 10.9. The van der Waals surface area contributed by atoms with Gasteiger partial charge in [-0.2, -0.15) is 0 Å². The van der Waals surface area contributed by atoms with Crippen molar-refractivity contribution >= 4 is 55.9 Å². The maximum Gasteiger partial charge on any atom is 0.341 e. The zero-order valence-electron chi connectivity index (χ0n) is 17.7. The molecular weight excluding hydrogens is 500 g/mol. The molecule has 1 amide bonds. The molecule has 31 heavy (non-hydrogen) atoms. The Balaban J connectivity index is 1.74. The molecule has 1 aromatic carbocycles. The first-order valence-electron chi connectivity index (χ1n) is 9.75. The summed E-state index contributed by atoms with van der Waals surface area (Å²) in [6, 6.07) is 7.82. The molecule has 2 heterocycles. The van der Waals surface area contributed by atoms with Crippen molar-refractivity contribution in [2.24, 2.45) is 0 Å². The van der Waals surface area contributed by atoms with Gasteiger partial charge in [0.2, 0.25) is 5.91 Å². The molecular formula is C21H23BrN4O3S2. The van der Waals surface area contributed by atoms with Crippen LogP contribution < -0.4 is 5.32 Å². The van der Waals surface area contributed by atoms with Crippen molar-refractivity contribution < 1.29 is 14.3 Å². The molecule has 1 N–H and O–H groups in total. The molecule has 0 fully saturated rings. The Morgan fingerprint density at radius 2 is 1.97 bits per heavy atom. The van der Waals surface area contributed by atoms with Gasteiger partial charge in [0.15, 0.2) is 11.0 Å². The molecule has 0 spiro atoms. The predicted octanol–water partition coefficient (Wildman–Crippen LogP) is 5.31. The fraction of sp³-hybridized carbons (Fsp3) is 0.333. The number of nitrogens with zero attached hydrogens (tertiary/aromatic N) is 3. The van der Waals surface area contributed by atoms with E-state index in [2.05, 4.69) is 31.4 Å². The number of carbonyl (C=O) groups excluding carboxylic acids is 2. The summed E-state index contributed by atoms with van der Waals surface area (Å²) in [5, 5.41) is 12.6. The molecule has 0 radical (unpaired) electrons. The third-order valence-corrected chi connectivity index (χ3v) is 7.38. The van der Waals surface area contributed by atoms with Gasteiger partial charge in [-0.1, -0.05) is 45.9 Å². The quantitative estimate of drug-likeness (QED) is 0.318. The average molecular weight is 523 g/mol. The third-order valence-electron chi connectivity index (χ3n) is 4.60. The molecule has 7 nitrogen and oxygen atoms in total. The summed E-state index contributed by atoms with van der Waals surface area (Å²) < 4.78 is 8.05. The molecule has 0 aliphatic rings. The van der Waals surface area contributed by atoms with E-state index in [1.54, 1.807) is 6.92 Å². The van der Waals surface area contributed by atoms with Crippen molar-refractivity contribution in [3.63, 3.8) is 0 Å². The summed E-state index contributed by atoms with van der Waals surface area (Å²) in [6.07, 6.45) is 0. The van der Waals surface area contributed by atoms with E-state index in [-0.39, 0.29) is 18.3 Å². The van der Waals surface area contributed by atoms with Crippen LogP contribution in [0, 0.1) is 13.8 Å². The molecule has 0 saturated heterocycles. The van der Waals surface area contributed by atoms with Gasteiger partial charge in [-0.3, -0.25) is 4.79 Å². The first kappa shape index (κ1) is 23.5. The number of amides is 1. The number of esters is 1. The van der Waals surface area contributed by atoms with E-state index in [1.807, 2.05) is 49.6 Å². The second-order valence-corrected chi connectivity index (χ2v) is 9.60. The number of carbonyl (C=O) groups is 2. The lowest BCUT2D eigenvalue weighted by molar-refractivity contribution is -0.113. The van der Waals surface area contributed by atoms with Gasteiger partial charge in [-0.05, 0) is 39.3 Å². The molecule has 0 unspecified atom stereocenters. The van der Waals surface area contributed by atoms with Gasteiger partial charge in [0.1, 0.15) is 5.00 Å². The summed E-state index contributed by atoms with van der Waals surface area (Å²) in [7, 11) is 0. The van der Waals surface area contributed by atoms with Crippen molar-refractivity contribution in [1.82, 2.24) is 14.8 Å². The van der Waals surface area contributed by atoms with Crippen molar-refractivity contribution in [1.29, 1.82) is 0 Å². The standard InChI is InChI=1S/C21H23BrN4O3S2/c1-5-26-18(14-9-7-8-10-15(14)22)24-25-21(26)30-11-16(27)23-19-17(20(28)29-6-2)12(3)13(4)31-19/h7-10H,5-6,11H2,1-4H3,(H,23,27). The van der Waals surface area contributed by atoms with Gasteiger partial charge >= 0.3 is 5.97 Å². The number of thioether (sulfide) groups is 1. The van der Waals surface area contributed by atoms with Crippen molar-refractivity contribution in [2.45, 2.75) is 39.4 Å². The first-order chi connectivity index (χ1) is 14.9. The Morgan fingerprint density at radius 1 is 1.23 bits per heavy atom. The fourth-order valence-corrected chi connectivity index (χ4v) is 5.31. The Labute approximate surface area is 197 Å². The lowest BCUT2D eigenvalue weighted by Gasteiger charge is -2.09. The Hall–Kier alpha value is -2.17. The molecule has 0 atom stereocenters. The minimum atomic E-state index is -0.420. The van der Waals surface area contributed by atoms with Crippen LogP contribution >= 0.6 is 39.0 Å². The molecule has 0 aliphatic carbocycles. The number of aryl methyl sites for hydroxylation is 1. The topological polar surface area (TPSA) is 86.1 Å². The smallest absolute Gasteiger partial charge is 0.341 e. The van der Waals surface area contributed by atoms with Crippen molar-refractivity contribution in [3.8, 4) is 11.4 Å². The first-order valence-corrected chi connectivity index (χ1v) is 12.3. The van der Waals surface area contributed by atoms with Crippen LogP contribution in [0.5, 0.6) is 0 Å². The van der Waals surface area contributed by atoms with Crippen molar-refractivity contribution in [2.75, 3.05) is 17.7 Å². The third kappa shape index (κ3) is 5.19. The van der Waals surface area contributed by atoms with Crippen LogP contribution in [0.15, 0.2) is 33.9 Å². The highest BCUT2D eigenvalue weighted by molar-refractivity contribution is 9.10. The SMILES string of the molecule is CCOC(=O)c1c(NC(=O)CSc2nnc(-c3ccccc3Br)n2CC)sc(C)c1C. The number of anilines is 1. The number of rotatable bonds is 8. The summed E-state index contributed by atoms with van der Waals surface area (Å²) in [5.41, 5.74) is 2.20. The van der Waals surface area contributed by atoms with Gasteiger partial charge in [-0.25, -0.2) is 4.79 Å². The maximum absolute atomic E-state index is 12.6. The van der Waals surface area contributed by atoms with E-state index in [0.717, 1.165) is 26.3 Å². The number of halogens is 1. The predicted molar refractivity (Wildman–Crippen MR) is 128 cm³/mol. The van der Waals surface area contributed by atoms with E-state index >= 15 is 0 Å². The van der Waals surface area contributed by atoms with E-state index < -0.39 is 5.97 Å². The van der Waals surface area contributed by atoms with Crippen LogP contribution in [0.1, 0.15) is 34.6 Å².